The van der Waals surface area contributed by atoms with Gasteiger partial charge >= 0.3 is 5.69 Å². The molecule has 1 aromatic heterocycles. The highest BCUT2D eigenvalue weighted by Gasteiger charge is 2.00. The number of amides is 1. The average molecular weight is 213 g/mol. The molecule has 1 amide bonds. The lowest BCUT2D eigenvalue weighted by molar-refractivity contribution is -0.118. The van der Waals surface area contributed by atoms with Gasteiger partial charge in [-0.1, -0.05) is 0 Å². The van der Waals surface area contributed by atoms with Gasteiger partial charge in [-0.2, -0.15) is 0 Å². The Kier molecular flexibility index (Phi) is 3.61. The monoisotopic (exact) mass is 213 g/mol. The molecule has 82 valence electrons. The summed E-state index contributed by atoms with van der Waals surface area (Å²) < 4.78 is 0. The number of aromatic nitrogens is 3. The number of carbonyl (C=O) groups excluding carboxylic acids is 1. The van der Waals surface area contributed by atoms with Gasteiger partial charge in [0.1, 0.15) is 0 Å². The molecule has 0 atom stereocenters. The standard InChI is InChI=1S/C7H11N5O3/c8-4(13)2-1-3-9-5-6(14)10-7(15)12-11-5/h1-3H2,(H2,8,13)(H,9,11)(H2,10,12,14,15). The van der Waals surface area contributed by atoms with Crippen LogP contribution in [0.4, 0.5) is 5.82 Å². The summed E-state index contributed by atoms with van der Waals surface area (Å²) in [5.41, 5.74) is 3.66. The number of hydrogen-bond acceptors (Lipinski definition) is 5. The highest BCUT2D eigenvalue weighted by Crippen LogP contribution is 1.90. The summed E-state index contributed by atoms with van der Waals surface area (Å²) in [5, 5.41) is 8.22. The molecule has 5 N–H and O–H groups in total. The van der Waals surface area contributed by atoms with Gasteiger partial charge in [-0.05, 0) is 6.42 Å². The van der Waals surface area contributed by atoms with Crippen molar-refractivity contribution in [2.24, 2.45) is 5.73 Å². The molecule has 1 heterocycles. The first-order valence-electron chi connectivity index (χ1n) is 4.31. The van der Waals surface area contributed by atoms with E-state index >= 15 is 0 Å². The summed E-state index contributed by atoms with van der Waals surface area (Å²) in [6.07, 6.45) is 0.726. The zero-order chi connectivity index (χ0) is 11.3. The summed E-state index contributed by atoms with van der Waals surface area (Å²) in [4.78, 5) is 34.1. The van der Waals surface area contributed by atoms with Crippen molar-refractivity contribution in [2.75, 3.05) is 11.9 Å². The number of nitrogens with two attached hydrogens (primary N) is 1. The van der Waals surface area contributed by atoms with E-state index in [0.717, 1.165) is 0 Å². The molecule has 0 spiro atoms. The Morgan fingerprint density at radius 2 is 2.20 bits per heavy atom. The number of hydrogen-bond donors (Lipinski definition) is 4. The van der Waals surface area contributed by atoms with Crippen molar-refractivity contribution in [3.63, 3.8) is 0 Å². The van der Waals surface area contributed by atoms with Gasteiger partial charge < -0.3 is 11.1 Å². The SMILES string of the molecule is NC(=O)CCCNc1n[nH]c(=O)[nH]c1=O. The number of carbonyl (C=O) groups is 1. The summed E-state index contributed by atoms with van der Waals surface area (Å²) in [6.45, 7) is 0.380. The van der Waals surface area contributed by atoms with Crippen LogP contribution in [0, 0.1) is 0 Å². The van der Waals surface area contributed by atoms with Gasteiger partial charge in [-0.15, -0.1) is 5.10 Å². The van der Waals surface area contributed by atoms with E-state index in [1.165, 1.54) is 0 Å². The third-order valence-electron chi connectivity index (χ3n) is 1.60. The highest BCUT2D eigenvalue weighted by molar-refractivity contribution is 5.73. The van der Waals surface area contributed by atoms with Crippen molar-refractivity contribution < 1.29 is 4.79 Å². The van der Waals surface area contributed by atoms with Gasteiger partial charge in [-0.25, -0.2) is 9.89 Å². The molecule has 0 aliphatic rings. The van der Waals surface area contributed by atoms with Crippen LogP contribution < -0.4 is 22.3 Å². The molecule has 0 bridgehead atoms. The zero-order valence-corrected chi connectivity index (χ0v) is 7.87. The molecule has 0 aliphatic carbocycles. The van der Waals surface area contributed by atoms with E-state index in [1.54, 1.807) is 0 Å². The maximum Gasteiger partial charge on any atom is 0.342 e. The van der Waals surface area contributed by atoms with Crippen LogP contribution in [0.5, 0.6) is 0 Å². The molecular formula is C7H11N5O3. The normalized spacial score (nSPS) is 9.87. The molecule has 0 fully saturated rings. The summed E-state index contributed by atoms with van der Waals surface area (Å²) in [7, 11) is 0. The Morgan fingerprint density at radius 1 is 1.47 bits per heavy atom. The van der Waals surface area contributed by atoms with Crippen molar-refractivity contribution in [1.29, 1.82) is 0 Å². The Hall–Kier alpha value is -2.12. The molecule has 0 aromatic carbocycles. The fourth-order valence-electron chi connectivity index (χ4n) is 0.937. The van der Waals surface area contributed by atoms with Gasteiger partial charge in [0.05, 0.1) is 0 Å². The molecule has 0 unspecified atom stereocenters. The molecule has 1 aromatic rings. The first kappa shape index (κ1) is 11.0. The third-order valence-corrected chi connectivity index (χ3v) is 1.60. The van der Waals surface area contributed by atoms with Crippen molar-refractivity contribution in [3.8, 4) is 0 Å². The third kappa shape index (κ3) is 3.63. The van der Waals surface area contributed by atoms with Crippen LogP contribution in [0.2, 0.25) is 0 Å². The maximum absolute atomic E-state index is 11.1. The van der Waals surface area contributed by atoms with Crippen molar-refractivity contribution in [2.45, 2.75) is 12.8 Å². The van der Waals surface area contributed by atoms with Gasteiger partial charge in [0.25, 0.3) is 5.56 Å². The maximum atomic E-state index is 11.1. The number of anilines is 1. The van der Waals surface area contributed by atoms with Crippen LogP contribution >= 0.6 is 0 Å². The van der Waals surface area contributed by atoms with Crippen molar-refractivity contribution >= 4 is 11.7 Å². The minimum absolute atomic E-state index is 0.0130. The first-order valence-corrected chi connectivity index (χ1v) is 4.31. The molecule has 0 radical (unpaired) electrons. The van der Waals surface area contributed by atoms with Crippen LogP contribution in [0.25, 0.3) is 0 Å². The first-order chi connectivity index (χ1) is 7.09. The Bertz CT molecular complexity index is 448. The second-order valence-corrected chi connectivity index (χ2v) is 2.85. The zero-order valence-electron chi connectivity index (χ0n) is 7.87. The second kappa shape index (κ2) is 4.94. The summed E-state index contributed by atoms with van der Waals surface area (Å²) >= 11 is 0. The van der Waals surface area contributed by atoms with E-state index in [4.69, 9.17) is 5.73 Å². The molecule has 0 aliphatic heterocycles. The average Bonchev–Trinajstić information content (AvgIpc) is 2.14. The minimum atomic E-state index is -0.664. The molecule has 15 heavy (non-hydrogen) atoms. The van der Waals surface area contributed by atoms with E-state index in [9.17, 15) is 14.4 Å². The highest BCUT2D eigenvalue weighted by atomic mass is 16.2. The van der Waals surface area contributed by atoms with Gasteiger partial charge in [0, 0.05) is 13.0 Å². The van der Waals surface area contributed by atoms with E-state index in [1.807, 2.05) is 4.98 Å². The molecule has 8 heteroatoms. The fourth-order valence-corrected chi connectivity index (χ4v) is 0.937. The predicted molar refractivity (Wildman–Crippen MR) is 52.4 cm³/mol. The lowest BCUT2D eigenvalue weighted by Gasteiger charge is -2.01. The van der Waals surface area contributed by atoms with Crippen molar-refractivity contribution in [3.05, 3.63) is 20.8 Å². The van der Waals surface area contributed by atoms with E-state index < -0.39 is 17.2 Å². The predicted octanol–water partition coefficient (Wildman–Crippen LogP) is -1.86. The Balaban J connectivity index is 2.48. The molecule has 1 rings (SSSR count). The number of aromatic amines is 2. The molecule has 0 saturated heterocycles. The van der Waals surface area contributed by atoms with E-state index in [2.05, 4.69) is 15.5 Å². The van der Waals surface area contributed by atoms with Crippen LogP contribution in [-0.2, 0) is 4.79 Å². The largest absolute Gasteiger partial charge is 0.370 e. The fraction of sp³-hybridized carbons (Fsp3) is 0.429. The van der Waals surface area contributed by atoms with Gasteiger partial charge in [-0.3, -0.25) is 14.6 Å². The number of nitrogens with zero attached hydrogens (tertiary/aromatic N) is 1. The topological polar surface area (TPSA) is 134 Å². The van der Waals surface area contributed by atoms with Crippen LogP contribution in [0.3, 0.4) is 0 Å². The molecular weight excluding hydrogens is 202 g/mol. The number of primary amides is 1. The van der Waals surface area contributed by atoms with Gasteiger partial charge in [0.2, 0.25) is 11.7 Å². The number of nitrogens with one attached hydrogen (secondary N) is 3. The second-order valence-electron chi connectivity index (χ2n) is 2.85. The smallest absolute Gasteiger partial charge is 0.342 e. The molecule has 0 saturated carbocycles. The van der Waals surface area contributed by atoms with Gasteiger partial charge in [0.15, 0.2) is 0 Å². The van der Waals surface area contributed by atoms with Crippen molar-refractivity contribution in [1.82, 2.24) is 15.2 Å². The van der Waals surface area contributed by atoms with Crippen LogP contribution in [0.15, 0.2) is 9.59 Å². The van der Waals surface area contributed by atoms with E-state index in [-0.39, 0.29) is 12.2 Å². The van der Waals surface area contributed by atoms with Crippen LogP contribution in [-0.4, -0.2) is 27.6 Å². The quantitative estimate of drug-likeness (QED) is 0.425. The molecule has 8 nitrogen and oxygen atoms in total. The summed E-state index contributed by atoms with van der Waals surface area (Å²) in [5.74, 6) is -0.390. The van der Waals surface area contributed by atoms with E-state index in [0.29, 0.717) is 13.0 Å². The number of rotatable bonds is 5. The Morgan fingerprint density at radius 3 is 2.80 bits per heavy atom. The Labute approximate surface area is 83.9 Å². The minimum Gasteiger partial charge on any atom is -0.370 e. The van der Waals surface area contributed by atoms with Crippen LogP contribution in [0.1, 0.15) is 12.8 Å². The number of H-pyrrole nitrogens is 2. The lowest BCUT2D eigenvalue weighted by Crippen LogP contribution is -2.27. The lowest BCUT2D eigenvalue weighted by atomic mass is 10.3. The summed E-state index contributed by atoms with van der Waals surface area (Å²) in [6, 6.07) is 0.